The quantitative estimate of drug-likeness (QED) is 0.602. The van der Waals surface area contributed by atoms with Crippen molar-refractivity contribution in [2.24, 2.45) is 4.99 Å². The fourth-order valence-corrected chi connectivity index (χ4v) is 2.06. The minimum atomic E-state index is -0.178. The molecule has 2 aromatic rings. The Morgan fingerprint density at radius 3 is 2.78 bits per heavy atom. The van der Waals surface area contributed by atoms with Gasteiger partial charge < -0.3 is 15.2 Å². The van der Waals surface area contributed by atoms with Crippen molar-refractivity contribution in [2.75, 3.05) is 19.6 Å². The monoisotopic (exact) mass is 319 g/mol. The molecule has 0 fully saturated rings. The number of halogens is 1. The molecular weight excluding hydrogens is 297 g/mol. The zero-order chi connectivity index (χ0) is 16.5. The second kappa shape index (κ2) is 8.87. The topological polar surface area (TPSA) is 75.3 Å². The summed E-state index contributed by atoms with van der Waals surface area (Å²) in [5.74, 6) is 1.72. The minimum Gasteiger partial charge on any atom is -0.357 e. The molecule has 1 aromatic carbocycles. The molecule has 0 saturated heterocycles. The lowest BCUT2D eigenvalue weighted by Crippen LogP contribution is -2.38. The number of rotatable bonds is 7. The van der Waals surface area contributed by atoms with Crippen molar-refractivity contribution < 1.29 is 8.91 Å². The molecule has 1 heterocycles. The van der Waals surface area contributed by atoms with E-state index in [2.05, 4.69) is 25.8 Å². The maximum Gasteiger partial charge on any atom is 0.228 e. The van der Waals surface area contributed by atoms with Crippen molar-refractivity contribution in [3.8, 4) is 0 Å². The third-order valence-electron chi connectivity index (χ3n) is 3.15. The van der Waals surface area contributed by atoms with Crippen molar-refractivity contribution in [1.29, 1.82) is 0 Å². The molecule has 0 bridgehead atoms. The van der Waals surface area contributed by atoms with E-state index in [0.717, 1.165) is 6.54 Å². The molecule has 1 aromatic heterocycles. The Labute approximate surface area is 135 Å². The first-order chi connectivity index (χ1) is 11.2. The minimum absolute atomic E-state index is 0.178. The number of nitrogens with zero attached hydrogens (tertiary/aromatic N) is 3. The Balaban J connectivity index is 1.80. The predicted octanol–water partition coefficient (Wildman–Crippen LogP) is 1.86. The summed E-state index contributed by atoms with van der Waals surface area (Å²) in [4.78, 5) is 8.58. The molecule has 2 rings (SSSR count). The number of aromatic nitrogens is 2. The van der Waals surface area contributed by atoms with Gasteiger partial charge in [0.15, 0.2) is 11.8 Å². The molecule has 0 aliphatic heterocycles. The van der Waals surface area contributed by atoms with Crippen molar-refractivity contribution in [2.45, 2.75) is 26.7 Å². The van der Waals surface area contributed by atoms with Gasteiger partial charge in [-0.3, -0.25) is 4.99 Å². The molecule has 0 aliphatic rings. The van der Waals surface area contributed by atoms with Crippen molar-refractivity contribution in [3.63, 3.8) is 0 Å². The largest absolute Gasteiger partial charge is 0.357 e. The van der Waals surface area contributed by atoms with Crippen LogP contribution in [0.4, 0.5) is 4.39 Å². The summed E-state index contributed by atoms with van der Waals surface area (Å²) in [5, 5.41) is 10.1. The van der Waals surface area contributed by atoms with Gasteiger partial charge in [0, 0.05) is 19.5 Å². The third kappa shape index (κ3) is 5.69. The number of nitrogens with one attached hydrogen (secondary N) is 2. The smallest absolute Gasteiger partial charge is 0.228 e. The van der Waals surface area contributed by atoms with E-state index in [1.807, 2.05) is 13.0 Å². The van der Waals surface area contributed by atoms with E-state index in [9.17, 15) is 4.39 Å². The van der Waals surface area contributed by atoms with E-state index in [1.54, 1.807) is 19.1 Å². The Kier molecular flexibility index (Phi) is 6.53. The number of guanidine groups is 1. The first kappa shape index (κ1) is 16.9. The van der Waals surface area contributed by atoms with Gasteiger partial charge in [0.2, 0.25) is 5.89 Å². The standard InChI is InChI=1S/C16H22FN5O/c1-3-18-16(20-11-9-15-21-12(2)22-23-15)19-10-8-13-6-4-5-7-14(13)17/h4-7H,3,8-11H2,1-2H3,(H2,18,19,20). The maximum atomic E-state index is 13.6. The lowest BCUT2D eigenvalue weighted by molar-refractivity contribution is 0.376. The molecule has 0 aliphatic carbocycles. The molecule has 0 saturated carbocycles. The first-order valence-corrected chi connectivity index (χ1v) is 7.74. The summed E-state index contributed by atoms with van der Waals surface area (Å²) in [6.07, 6.45) is 1.19. The van der Waals surface area contributed by atoms with Crippen molar-refractivity contribution >= 4 is 5.96 Å². The summed E-state index contributed by atoms with van der Waals surface area (Å²) in [6, 6.07) is 6.79. The second-order valence-electron chi connectivity index (χ2n) is 5.01. The molecular formula is C16H22FN5O. The number of hydrogen-bond acceptors (Lipinski definition) is 4. The van der Waals surface area contributed by atoms with Crippen LogP contribution in [0.25, 0.3) is 0 Å². The average molecular weight is 319 g/mol. The highest BCUT2D eigenvalue weighted by Crippen LogP contribution is 2.06. The molecule has 0 spiro atoms. The van der Waals surface area contributed by atoms with E-state index in [0.29, 0.717) is 49.2 Å². The van der Waals surface area contributed by atoms with Gasteiger partial charge in [-0.15, -0.1) is 0 Å². The van der Waals surface area contributed by atoms with Gasteiger partial charge in [-0.25, -0.2) is 4.39 Å². The van der Waals surface area contributed by atoms with Crippen LogP contribution in [0.1, 0.15) is 24.2 Å². The van der Waals surface area contributed by atoms with Gasteiger partial charge in [-0.1, -0.05) is 23.4 Å². The summed E-state index contributed by atoms with van der Waals surface area (Å²) in [5.41, 5.74) is 0.692. The number of benzene rings is 1. The predicted molar refractivity (Wildman–Crippen MR) is 86.8 cm³/mol. The van der Waals surface area contributed by atoms with E-state index >= 15 is 0 Å². The van der Waals surface area contributed by atoms with Gasteiger partial charge in [0.05, 0.1) is 6.54 Å². The van der Waals surface area contributed by atoms with Gasteiger partial charge in [0.1, 0.15) is 5.82 Å². The fourth-order valence-electron chi connectivity index (χ4n) is 2.06. The molecule has 0 radical (unpaired) electrons. The molecule has 2 N–H and O–H groups in total. The molecule has 124 valence electrons. The normalized spacial score (nSPS) is 11.5. The number of aliphatic imine (C=N–C) groups is 1. The fraction of sp³-hybridized carbons (Fsp3) is 0.438. The first-order valence-electron chi connectivity index (χ1n) is 7.74. The molecule has 0 unspecified atom stereocenters. The maximum absolute atomic E-state index is 13.6. The summed E-state index contributed by atoms with van der Waals surface area (Å²) in [7, 11) is 0. The summed E-state index contributed by atoms with van der Waals surface area (Å²) in [6.45, 7) is 5.67. The van der Waals surface area contributed by atoms with E-state index in [1.165, 1.54) is 6.07 Å². The molecule has 23 heavy (non-hydrogen) atoms. The zero-order valence-electron chi connectivity index (χ0n) is 13.5. The van der Waals surface area contributed by atoms with E-state index < -0.39 is 0 Å². The number of hydrogen-bond donors (Lipinski definition) is 2. The van der Waals surface area contributed by atoms with Crippen LogP contribution in [0.2, 0.25) is 0 Å². The van der Waals surface area contributed by atoms with E-state index in [4.69, 9.17) is 4.52 Å². The number of aryl methyl sites for hydroxylation is 1. The third-order valence-corrected chi connectivity index (χ3v) is 3.15. The Hall–Kier alpha value is -2.44. The SMILES string of the molecule is CCNC(=NCCc1nc(C)no1)NCCc1ccccc1F. The van der Waals surface area contributed by atoms with Gasteiger partial charge in [0.25, 0.3) is 0 Å². The molecule has 6 nitrogen and oxygen atoms in total. The lowest BCUT2D eigenvalue weighted by atomic mass is 10.1. The highest BCUT2D eigenvalue weighted by molar-refractivity contribution is 5.79. The van der Waals surface area contributed by atoms with Gasteiger partial charge >= 0.3 is 0 Å². The summed E-state index contributed by atoms with van der Waals surface area (Å²) >= 11 is 0. The Bertz CT molecular complexity index is 641. The van der Waals surface area contributed by atoms with Crippen LogP contribution < -0.4 is 10.6 Å². The molecule has 7 heteroatoms. The van der Waals surface area contributed by atoms with Crippen LogP contribution in [-0.2, 0) is 12.8 Å². The van der Waals surface area contributed by atoms with Crippen LogP contribution in [0, 0.1) is 12.7 Å². The van der Waals surface area contributed by atoms with Crippen LogP contribution >= 0.6 is 0 Å². The Morgan fingerprint density at radius 2 is 2.09 bits per heavy atom. The van der Waals surface area contributed by atoms with Gasteiger partial charge in [-0.05, 0) is 31.9 Å². The highest BCUT2D eigenvalue weighted by atomic mass is 19.1. The van der Waals surface area contributed by atoms with E-state index in [-0.39, 0.29) is 5.82 Å². The molecule has 0 amide bonds. The lowest BCUT2D eigenvalue weighted by Gasteiger charge is -2.11. The Morgan fingerprint density at radius 1 is 1.26 bits per heavy atom. The van der Waals surface area contributed by atoms with Gasteiger partial charge in [-0.2, -0.15) is 4.98 Å². The second-order valence-corrected chi connectivity index (χ2v) is 5.01. The highest BCUT2D eigenvalue weighted by Gasteiger charge is 2.04. The average Bonchev–Trinajstić information content (AvgIpc) is 2.94. The van der Waals surface area contributed by atoms with Crippen molar-refractivity contribution in [3.05, 3.63) is 47.4 Å². The summed E-state index contributed by atoms with van der Waals surface area (Å²) < 4.78 is 18.6. The van der Waals surface area contributed by atoms with Crippen molar-refractivity contribution in [1.82, 2.24) is 20.8 Å². The molecule has 0 atom stereocenters. The van der Waals surface area contributed by atoms with Crippen LogP contribution in [-0.4, -0.2) is 35.7 Å². The zero-order valence-corrected chi connectivity index (χ0v) is 13.5. The van der Waals surface area contributed by atoms with Crippen LogP contribution in [0.15, 0.2) is 33.8 Å². The van der Waals surface area contributed by atoms with Crippen LogP contribution in [0.3, 0.4) is 0 Å². The van der Waals surface area contributed by atoms with Crippen LogP contribution in [0.5, 0.6) is 0 Å².